The van der Waals surface area contributed by atoms with E-state index in [1.165, 1.54) is 6.21 Å². The van der Waals surface area contributed by atoms with Gasteiger partial charge < -0.3 is 30.3 Å². The lowest BCUT2D eigenvalue weighted by Crippen LogP contribution is -2.56. The Morgan fingerprint density at radius 2 is 2.05 bits per heavy atom. The van der Waals surface area contributed by atoms with E-state index in [9.17, 15) is 0 Å². The van der Waals surface area contributed by atoms with Gasteiger partial charge in [0.05, 0.1) is 36.9 Å². The van der Waals surface area contributed by atoms with Crippen LogP contribution >= 0.6 is 0 Å². The Hall–Kier alpha value is -4.32. The van der Waals surface area contributed by atoms with Crippen LogP contribution in [0.25, 0.3) is 22.6 Å². The Kier molecular flexibility index (Phi) is 8.69. The summed E-state index contributed by atoms with van der Waals surface area (Å²) in [5, 5.41) is 14.0. The van der Waals surface area contributed by atoms with Crippen molar-refractivity contribution in [2.45, 2.75) is 25.1 Å². The third-order valence-electron chi connectivity index (χ3n) is 7.73. The van der Waals surface area contributed by atoms with Gasteiger partial charge in [-0.25, -0.2) is 15.0 Å². The first-order chi connectivity index (χ1) is 20.7. The van der Waals surface area contributed by atoms with E-state index in [1.54, 1.807) is 6.33 Å². The molecule has 6 rings (SSSR count). The second kappa shape index (κ2) is 13.1. The molecule has 11 heteroatoms. The summed E-state index contributed by atoms with van der Waals surface area (Å²) in [5.74, 6) is 1.52. The summed E-state index contributed by atoms with van der Waals surface area (Å²) in [7, 11) is 1.83. The molecule has 0 amide bonds. The number of pyridine rings is 1. The van der Waals surface area contributed by atoms with Crippen LogP contribution in [0.2, 0.25) is 0 Å². The maximum Gasteiger partial charge on any atom is 0.140 e. The summed E-state index contributed by atoms with van der Waals surface area (Å²) < 4.78 is 19.6. The fraction of sp³-hybridized carbons (Fsp3) is 0.355. The van der Waals surface area contributed by atoms with E-state index >= 15 is 0 Å². The molecule has 11 nitrogen and oxygen atoms in total. The van der Waals surface area contributed by atoms with Gasteiger partial charge in [-0.05, 0) is 23.6 Å². The highest BCUT2D eigenvalue weighted by Gasteiger charge is 2.34. The fourth-order valence-electron chi connectivity index (χ4n) is 5.53. The number of ether oxygens (including phenoxy) is 3. The molecule has 0 radical (unpaired) electrons. The summed E-state index contributed by atoms with van der Waals surface area (Å²) in [5.41, 5.74) is 5.36. The zero-order chi connectivity index (χ0) is 28.7. The average molecular weight is 569 g/mol. The molecule has 2 fully saturated rings. The highest BCUT2D eigenvalue weighted by molar-refractivity contribution is 6.08. The van der Waals surface area contributed by atoms with Crippen molar-refractivity contribution in [2.24, 2.45) is 0 Å². The molecule has 0 bridgehead atoms. The summed E-state index contributed by atoms with van der Waals surface area (Å²) in [6, 6.07) is 14.4. The number of benzene rings is 1. The maximum absolute atomic E-state index is 7.59. The molecule has 218 valence electrons. The largest absolute Gasteiger partial charge is 0.492 e. The molecule has 5 heterocycles. The van der Waals surface area contributed by atoms with E-state index in [1.807, 2.05) is 72.5 Å². The molecule has 3 aromatic heterocycles. The number of anilines is 1. The van der Waals surface area contributed by atoms with Crippen molar-refractivity contribution in [1.29, 1.82) is 5.41 Å². The molecule has 3 N–H and O–H groups in total. The van der Waals surface area contributed by atoms with Crippen molar-refractivity contribution < 1.29 is 14.2 Å². The number of imidazole rings is 1. The van der Waals surface area contributed by atoms with Gasteiger partial charge in [0, 0.05) is 75.6 Å². The molecule has 0 aliphatic carbocycles. The Morgan fingerprint density at radius 1 is 1.14 bits per heavy atom. The number of aromatic nitrogens is 4. The van der Waals surface area contributed by atoms with E-state index in [2.05, 4.69) is 30.5 Å². The van der Waals surface area contributed by atoms with E-state index in [0.29, 0.717) is 25.8 Å². The second-order valence-corrected chi connectivity index (χ2v) is 10.3. The minimum atomic E-state index is 0.170. The SMILES string of the molecule is CN/C=C(\C=N)c1ccc(CNc2cc(-c3cnc4cc(OCCN5CCO[C@@H]6COCC[C@@H]65)ccn34)ncn2)cc1. The normalized spacial score (nSPS) is 19.3. The topological polar surface area (TPSA) is 122 Å². The van der Waals surface area contributed by atoms with Crippen molar-refractivity contribution in [1.82, 2.24) is 29.6 Å². The van der Waals surface area contributed by atoms with E-state index < -0.39 is 0 Å². The number of morpholine rings is 1. The average Bonchev–Trinajstić information content (AvgIpc) is 3.47. The van der Waals surface area contributed by atoms with Crippen LogP contribution in [0.4, 0.5) is 5.82 Å². The number of rotatable bonds is 11. The van der Waals surface area contributed by atoms with Crippen LogP contribution < -0.4 is 15.4 Å². The monoisotopic (exact) mass is 568 g/mol. The van der Waals surface area contributed by atoms with Crippen LogP contribution in [0.3, 0.4) is 0 Å². The minimum absolute atomic E-state index is 0.170. The van der Waals surface area contributed by atoms with Crippen molar-refractivity contribution in [3.8, 4) is 17.1 Å². The van der Waals surface area contributed by atoms with Crippen LogP contribution in [-0.4, -0.2) is 89.2 Å². The maximum atomic E-state index is 7.59. The second-order valence-electron chi connectivity index (χ2n) is 10.3. The number of hydrogen-bond acceptors (Lipinski definition) is 10. The lowest BCUT2D eigenvalue weighted by Gasteiger charge is -2.43. The molecule has 2 aliphatic rings. The Bertz CT molecular complexity index is 1530. The molecular weight excluding hydrogens is 532 g/mol. The minimum Gasteiger partial charge on any atom is -0.492 e. The predicted molar refractivity (Wildman–Crippen MR) is 162 cm³/mol. The summed E-state index contributed by atoms with van der Waals surface area (Å²) >= 11 is 0. The predicted octanol–water partition coefficient (Wildman–Crippen LogP) is 3.48. The van der Waals surface area contributed by atoms with Crippen molar-refractivity contribution in [2.75, 3.05) is 51.9 Å². The van der Waals surface area contributed by atoms with Crippen molar-refractivity contribution in [3.05, 3.63) is 78.5 Å². The Labute approximate surface area is 245 Å². The smallest absolute Gasteiger partial charge is 0.140 e. The Morgan fingerprint density at radius 3 is 2.90 bits per heavy atom. The van der Waals surface area contributed by atoms with E-state index in [4.69, 9.17) is 19.6 Å². The number of hydrogen-bond donors (Lipinski definition) is 3. The van der Waals surface area contributed by atoms with Gasteiger partial charge in [0.25, 0.3) is 0 Å². The van der Waals surface area contributed by atoms with Gasteiger partial charge in [0.15, 0.2) is 0 Å². The standard InChI is InChI=1S/C31H36N8O3/c1-33-18-24(16-32)23-4-2-22(3-5-23)17-34-30-15-26(36-21-37-30)28-19-35-31-14-25(6-8-39(28)31)41-12-9-38-10-13-42-29-20-40-11-7-27(29)38/h2-6,8,14-16,18-19,21,27,29,32-33H,7,9-13,17,20H2,1H3,(H,34,36,37)/b24-18+,32-16?/t27-,29+/m0/s1. The lowest BCUT2D eigenvalue weighted by atomic mass is 10.0. The molecule has 2 atom stereocenters. The molecule has 0 spiro atoms. The number of allylic oxidation sites excluding steroid dienone is 1. The molecular formula is C31H36N8O3. The Balaban J connectivity index is 1.07. The molecule has 0 unspecified atom stereocenters. The number of nitrogens with one attached hydrogen (secondary N) is 3. The first-order valence-corrected chi connectivity index (χ1v) is 14.3. The fourth-order valence-corrected chi connectivity index (χ4v) is 5.53. The highest BCUT2D eigenvalue weighted by Crippen LogP contribution is 2.24. The van der Waals surface area contributed by atoms with E-state index in [-0.39, 0.29) is 6.10 Å². The number of fused-ring (bicyclic) bond motifs is 2. The van der Waals surface area contributed by atoms with E-state index in [0.717, 1.165) is 78.0 Å². The first kappa shape index (κ1) is 27.8. The lowest BCUT2D eigenvalue weighted by molar-refractivity contribution is -0.136. The van der Waals surface area contributed by atoms with Gasteiger partial charge in [-0.2, -0.15) is 0 Å². The first-order valence-electron chi connectivity index (χ1n) is 14.3. The molecule has 0 saturated carbocycles. The molecule has 2 aliphatic heterocycles. The van der Waals surface area contributed by atoms with Gasteiger partial charge >= 0.3 is 0 Å². The van der Waals surface area contributed by atoms with Gasteiger partial charge in [-0.3, -0.25) is 9.30 Å². The van der Waals surface area contributed by atoms with Gasteiger partial charge in [-0.1, -0.05) is 24.3 Å². The summed E-state index contributed by atoms with van der Waals surface area (Å²) in [6.45, 7) is 5.21. The zero-order valence-electron chi connectivity index (χ0n) is 23.7. The summed E-state index contributed by atoms with van der Waals surface area (Å²) in [4.78, 5) is 16.0. The van der Waals surface area contributed by atoms with Crippen molar-refractivity contribution in [3.63, 3.8) is 0 Å². The van der Waals surface area contributed by atoms with Crippen molar-refractivity contribution >= 4 is 23.3 Å². The van der Waals surface area contributed by atoms with Gasteiger partial charge in [0.2, 0.25) is 0 Å². The van der Waals surface area contributed by atoms with Crippen LogP contribution in [0, 0.1) is 5.41 Å². The molecule has 4 aromatic rings. The quantitative estimate of drug-likeness (QED) is 0.234. The highest BCUT2D eigenvalue weighted by atomic mass is 16.5. The number of nitrogens with zero attached hydrogens (tertiary/aromatic N) is 5. The molecule has 1 aromatic carbocycles. The zero-order valence-corrected chi connectivity index (χ0v) is 23.7. The van der Waals surface area contributed by atoms with Gasteiger partial charge in [-0.15, -0.1) is 0 Å². The molecule has 42 heavy (non-hydrogen) atoms. The van der Waals surface area contributed by atoms with Crippen LogP contribution in [0.5, 0.6) is 5.75 Å². The third-order valence-corrected chi connectivity index (χ3v) is 7.73. The molecule has 2 saturated heterocycles. The van der Waals surface area contributed by atoms with Crippen LogP contribution in [0.1, 0.15) is 17.5 Å². The van der Waals surface area contributed by atoms with Crippen LogP contribution in [0.15, 0.2) is 67.4 Å². The van der Waals surface area contributed by atoms with Crippen LogP contribution in [-0.2, 0) is 16.0 Å². The third kappa shape index (κ3) is 6.28. The summed E-state index contributed by atoms with van der Waals surface area (Å²) in [6.07, 6.45) is 9.68. The van der Waals surface area contributed by atoms with Gasteiger partial charge in [0.1, 0.15) is 30.1 Å².